The van der Waals surface area contributed by atoms with Gasteiger partial charge in [-0.1, -0.05) is 90.4 Å². The number of halogens is 1. The number of aryl methyl sites for hydroxylation is 1. The highest BCUT2D eigenvalue weighted by atomic mass is 127. The van der Waals surface area contributed by atoms with Gasteiger partial charge in [0.2, 0.25) is 0 Å². The number of methoxy groups -OCH3 is 1. The molecule has 1 aromatic heterocycles. The molecule has 1 N–H and O–H groups in total. The molecule has 0 saturated carbocycles. The van der Waals surface area contributed by atoms with Gasteiger partial charge in [-0.15, -0.1) is 0 Å². The molecule has 7 heteroatoms. The number of nitrogens with zero attached hydrogens (tertiary/aromatic N) is 1. The summed E-state index contributed by atoms with van der Waals surface area (Å²) in [6.07, 6.45) is 23.6. The maximum atomic E-state index is 12.2. The van der Waals surface area contributed by atoms with Gasteiger partial charge in [-0.25, -0.2) is 4.57 Å². The maximum Gasteiger partial charge on any atom is 0.257 e. The Hall–Kier alpha value is -2.03. The second-order valence-electron chi connectivity index (χ2n) is 10.5. The Morgan fingerprint density at radius 3 is 2.05 bits per heavy atom. The fourth-order valence-electron chi connectivity index (χ4n) is 4.68. The van der Waals surface area contributed by atoms with Crippen molar-refractivity contribution in [3.8, 4) is 17.2 Å². The van der Waals surface area contributed by atoms with Crippen LogP contribution in [0.15, 0.2) is 42.7 Å². The molecule has 0 spiro atoms. The molecular weight excluding hydrogens is 615 g/mol. The van der Waals surface area contributed by atoms with E-state index < -0.39 is 0 Å². The van der Waals surface area contributed by atoms with Gasteiger partial charge in [0, 0.05) is 24.2 Å². The highest BCUT2D eigenvalue weighted by Gasteiger charge is 2.09. The van der Waals surface area contributed by atoms with Gasteiger partial charge in [0.1, 0.15) is 12.8 Å². The average molecular weight is 669 g/mol. The predicted molar refractivity (Wildman–Crippen MR) is 159 cm³/mol. The molecular formula is C33H53IN2O4. The van der Waals surface area contributed by atoms with Gasteiger partial charge < -0.3 is 43.5 Å². The molecule has 0 fully saturated rings. The lowest BCUT2D eigenvalue weighted by Crippen LogP contribution is -3.00. The van der Waals surface area contributed by atoms with Crippen molar-refractivity contribution in [3.05, 3.63) is 48.3 Å². The summed E-state index contributed by atoms with van der Waals surface area (Å²) in [5, 5.41) is 2.90. The van der Waals surface area contributed by atoms with Crippen LogP contribution in [0.3, 0.4) is 0 Å². The Morgan fingerprint density at radius 1 is 0.825 bits per heavy atom. The Balaban J connectivity index is 0.00000800. The molecule has 226 valence electrons. The molecule has 0 aliphatic heterocycles. The number of nitrogens with one attached hydrogen (secondary N) is 1. The number of hydrogen-bond donors (Lipinski definition) is 1. The summed E-state index contributed by atoms with van der Waals surface area (Å²) in [4.78, 5) is 12.2. The van der Waals surface area contributed by atoms with Gasteiger partial charge in [-0.2, -0.15) is 0 Å². The van der Waals surface area contributed by atoms with Gasteiger partial charge in [-0.3, -0.25) is 4.79 Å². The first kappa shape index (κ1) is 36.0. The number of ether oxygens (including phenoxy) is 3. The van der Waals surface area contributed by atoms with Crippen LogP contribution in [0.4, 0.5) is 0 Å². The summed E-state index contributed by atoms with van der Waals surface area (Å²) in [6.45, 7) is 3.49. The Bertz CT molecular complexity index is 925. The molecule has 1 heterocycles. The van der Waals surface area contributed by atoms with Crippen molar-refractivity contribution in [1.82, 2.24) is 5.32 Å². The van der Waals surface area contributed by atoms with Crippen molar-refractivity contribution in [2.75, 3.05) is 26.9 Å². The van der Waals surface area contributed by atoms with Crippen molar-refractivity contribution >= 4 is 5.91 Å². The smallest absolute Gasteiger partial charge is 0.257 e. The quantitative estimate of drug-likeness (QED) is 0.110. The SMILES string of the molecule is CCCCCCCCCCCCCCCCOc1ccc(OCC(=O)NCCc2ccc[n+](C)c2)cc1OC.[I-]. The normalized spacial score (nSPS) is 10.6. The standard InChI is InChI=1S/C33H52N2O4.HI/c1-4-5-6-7-8-9-10-11-12-13-14-15-16-17-25-38-31-21-20-30(26-32(31)37-3)39-28-33(36)34-23-22-29-19-18-24-35(2)27-29;/h18-21,24,26-27H,4-17,22-23,25,28H2,1-3H3;1H. The van der Waals surface area contributed by atoms with E-state index in [9.17, 15) is 4.79 Å². The molecule has 0 aliphatic carbocycles. The lowest BCUT2D eigenvalue weighted by atomic mass is 10.0. The number of amides is 1. The molecule has 1 amide bonds. The number of pyridine rings is 1. The topological polar surface area (TPSA) is 60.7 Å². The fraction of sp³-hybridized carbons (Fsp3) is 0.636. The third kappa shape index (κ3) is 16.9. The van der Waals surface area contributed by atoms with Crippen LogP contribution in [-0.2, 0) is 18.3 Å². The minimum Gasteiger partial charge on any atom is -1.00 e. The molecule has 0 aliphatic rings. The monoisotopic (exact) mass is 668 g/mol. The van der Waals surface area contributed by atoms with Crippen LogP contribution in [0.2, 0.25) is 0 Å². The first-order valence-corrected chi connectivity index (χ1v) is 15.3. The summed E-state index contributed by atoms with van der Waals surface area (Å²) in [6, 6.07) is 9.50. The van der Waals surface area contributed by atoms with Crippen LogP contribution in [0.1, 0.15) is 102 Å². The molecule has 0 unspecified atom stereocenters. The van der Waals surface area contributed by atoms with Crippen molar-refractivity contribution in [3.63, 3.8) is 0 Å². The third-order valence-corrected chi connectivity index (χ3v) is 7.00. The number of hydrogen-bond acceptors (Lipinski definition) is 4. The summed E-state index contributed by atoms with van der Waals surface area (Å²) in [7, 11) is 3.61. The molecule has 0 saturated heterocycles. The second kappa shape index (κ2) is 23.7. The number of rotatable bonds is 23. The van der Waals surface area contributed by atoms with E-state index in [4.69, 9.17) is 14.2 Å². The Morgan fingerprint density at radius 2 is 1.45 bits per heavy atom. The van der Waals surface area contributed by atoms with Crippen molar-refractivity contribution < 1.29 is 47.5 Å². The van der Waals surface area contributed by atoms with Crippen LogP contribution >= 0.6 is 0 Å². The van der Waals surface area contributed by atoms with E-state index in [1.54, 1.807) is 13.2 Å². The van der Waals surface area contributed by atoms with Gasteiger partial charge in [0.05, 0.1) is 13.7 Å². The lowest BCUT2D eigenvalue weighted by Gasteiger charge is -2.13. The van der Waals surface area contributed by atoms with Crippen molar-refractivity contribution in [1.29, 1.82) is 0 Å². The number of carbonyl (C=O) groups excluding carboxylic acids is 1. The summed E-state index contributed by atoms with van der Waals surface area (Å²) >= 11 is 0. The lowest BCUT2D eigenvalue weighted by molar-refractivity contribution is -0.671. The number of aromatic nitrogens is 1. The van der Waals surface area contributed by atoms with Gasteiger partial charge >= 0.3 is 0 Å². The van der Waals surface area contributed by atoms with E-state index in [2.05, 4.69) is 24.5 Å². The van der Waals surface area contributed by atoms with Gasteiger partial charge in [0.15, 0.2) is 30.5 Å². The molecule has 0 atom stereocenters. The first-order chi connectivity index (χ1) is 19.1. The largest absolute Gasteiger partial charge is 1.00 e. The molecule has 0 bridgehead atoms. The van der Waals surface area contributed by atoms with E-state index in [1.807, 2.05) is 36.0 Å². The van der Waals surface area contributed by atoms with E-state index in [0.29, 0.717) is 30.4 Å². The number of benzene rings is 1. The highest BCUT2D eigenvalue weighted by molar-refractivity contribution is 5.77. The summed E-state index contributed by atoms with van der Waals surface area (Å²) < 4.78 is 19.1. The summed E-state index contributed by atoms with van der Waals surface area (Å²) in [5.41, 5.74) is 1.18. The third-order valence-electron chi connectivity index (χ3n) is 7.00. The van der Waals surface area contributed by atoms with Gasteiger partial charge in [-0.05, 0) is 31.0 Å². The summed E-state index contributed by atoms with van der Waals surface area (Å²) in [5.74, 6) is 1.77. The molecule has 2 rings (SSSR count). The molecule has 0 radical (unpaired) electrons. The average Bonchev–Trinajstić information content (AvgIpc) is 2.94. The first-order valence-electron chi connectivity index (χ1n) is 15.3. The Labute approximate surface area is 260 Å². The van der Waals surface area contributed by atoms with Crippen molar-refractivity contribution in [2.45, 2.75) is 103 Å². The molecule has 1 aromatic carbocycles. The molecule has 2 aromatic rings. The fourth-order valence-corrected chi connectivity index (χ4v) is 4.68. The van der Waals surface area contributed by atoms with Crippen molar-refractivity contribution in [2.24, 2.45) is 7.05 Å². The van der Waals surface area contributed by atoms with E-state index in [-0.39, 0.29) is 36.5 Å². The van der Waals surface area contributed by atoms with Gasteiger partial charge in [0.25, 0.3) is 5.91 Å². The highest BCUT2D eigenvalue weighted by Crippen LogP contribution is 2.31. The van der Waals surface area contributed by atoms with Crippen LogP contribution in [-0.4, -0.2) is 32.8 Å². The zero-order valence-corrected chi connectivity index (χ0v) is 27.4. The maximum absolute atomic E-state index is 12.2. The second-order valence-corrected chi connectivity index (χ2v) is 10.5. The van der Waals surface area contributed by atoms with E-state index >= 15 is 0 Å². The van der Waals surface area contributed by atoms with Crippen LogP contribution in [0.25, 0.3) is 0 Å². The zero-order valence-electron chi connectivity index (χ0n) is 25.2. The van der Waals surface area contributed by atoms with Crippen LogP contribution < -0.4 is 48.1 Å². The molecule has 6 nitrogen and oxygen atoms in total. The van der Waals surface area contributed by atoms with E-state index in [0.717, 1.165) is 12.8 Å². The van der Waals surface area contributed by atoms with E-state index in [1.165, 1.54) is 89.0 Å². The number of carbonyl (C=O) groups is 1. The zero-order chi connectivity index (χ0) is 28.0. The predicted octanol–water partition coefficient (Wildman–Crippen LogP) is 4.12. The van der Waals surface area contributed by atoms with Crippen LogP contribution in [0.5, 0.6) is 17.2 Å². The number of unbranched alkanes of at least 4 members (excludes halogenated alkanes) is 13. The van der Waals surface area contributed by atoms with Crippen LogP contribution in [0, 0.1) is 0 Å². The minimum absolute atomic E-state index is 0. The Kier molecular flexibility index (Phi) is 21.3. The minimum atomic E-state index is -0.146. The molecule has 40 heavy (non-hydrogen) atoms.